The third-order valence-corrected chi connectivity index (χ3v) is 8.38. The molecule has 1 fully saturated rings. The standard InChI is InChI=1S/C26H32INO/c1-17(2)18-6-12-22-19(16-18)7-13-23-25(22,3)14-5-15-26(23,4)24(29)28-21-10-8-20(27)9-11-21/h6,8-12,16-17,23H,5,7,13-15H2,1-4H3,(H,28,29)/t23-,25-,26-/m1/s1. The Bertz CT molecular complexity index is 919. The SMILES string of the molecule is CC(C)c1ccc2c(c1)CC[C@H]1[C@](C)(C(=O)Nc3ccc(I)cc3)CCC[C@]21C. The van der Waals surface area contributed by atoms with Crippen LogP contribution >= 0.6 is 22.6 Å². The van der Waals surface area contributed by atoms with Crippen LogP contribution in [0, 0.1) is 14.9 Å². The summed E-state index contributed by atoms with van der Waals surface area (Å²) in [6.07, 6.45) is 5.44. The van der Waals surface area contributed by atoms with Crippen molar-refractivity contribution in [1.29, 1.82) is 0 Å². The average Bonchev–Trinajstić information content (AvgIpc) is 2.69. The van der Waals surface area contributed by atoms with E-state index < -0.39 is 0 Å². The molecule has 3 heteroatoms. The first-order valence-electron chi connectivity index (χ1n) is 10.9. The van der Waals surface area contributed by atoms with Gasteiger partial charge in [-0.1, -0.05) is 52.3 Å². The van der Waals surface area contributed by atoms with Crippen molar-refractivity contribution >= 4 is 34.2 Å². The molecule has 0 saturated heterocycles. The van der Waals surface area contributed by atoms with Crippen molar-refractivity contribution in [2.45, 2.75) is 71.1 Å². The van der Waals surface area contributed by atoms with E-state index in [0.29, 0.717) is 11.8 Å². The van der Waals surface area contributed by atoms with E-state index in [4.69, 9.17) is 0 Å². The predicted octanol–water partition coefficient (Wildman–Crippen LogP) is 7.06. The predicted molar refractivity (Wildman–Crippen MR) is 129 cm³/mol. The van der Waals surface area contributed by atoms with Crippen molar-refractivity contribution in [2.24, 2.45) is 11.3 Å². The highest BCUT2D eigenvalue weighted by Gasteiger charge is 2.54. The van der Waals surface area contributed by atoms with E-state index in [0.717, 1.165) is 31.4 Å². The van der Waals surface area contributed by atoms with Crippen LogP contribution in [0.3, 0.4) is 0 Å². The zero-order valence-corrected chi connectivity index (χ0v) is 20.2. The fraction of sp³-hybridized carbons (Fsp3) is 0.500. The third-order valence-electron chi connectivity index (χ3n) is 7.66. The lowest BCUT2D eigenvalue weighted by Crippen LogP contribution is -2.53. The maximum absolute atomic E-state index is 13.5. The summed E-state index contributed by atoms with van der Waals surface area (Å²) < 4.78 is 1.18. The topological polar surface area (TPSA) is 29.1 Å². The van der Waals surface area contributed by atoms with Crippen LogP contribution in [0.15, 0.2) is 42.5 Å². The largest absolute Gasteiger partial charge is 0.326 e. The molecule has 29 heavy (non-hydrogen) atoms. The van der Waals surface area contributed by atoms with Crippen molar-refractivity contribution in [3.8, 4) is 0 Å². The Morgan fingerprint density at radius 1 is 1.10 bits per heavy atom. The monoisotopic (exact) mass is 501 g/mol. The zero-order valence-electron chi connectivity index (χ0n) is 18.0. The summed E-state index contributed by atoms with van der Waals surface area (Å²) in [5.41, 5.74) is 5.09. The van der Waals surface area contributed by atoms with Gasteiger partial charge >= 0.3 is 0 Å². The van der Waals surface area contributed by atoms with Gasteiger partial charge in [-0.25, -0.2) is 0 Å². The number of hydrogen-bond donors (Lipinski definition) is 1. The van der Waals surface area contributed by atoms with Crippen molar-refractivity contribution in [2.75, 3.05) is 5.32 Å². The number of aryl methyl sites for hydroxylation is 1. The van der Waals surface area contributed by atoms with Crippen LogP contribution in [0.5, 0.6) is 0 Å². The number of carbonyl (C=O) groups excluding carboxylic acids is 1. The molecule has 2 nitrogen and oxygen atoms in total. The van der Waals surface area contributed by atoms with Crippen LogP contribution in [-0.4, -0.2) is 5.91 Å². The van der Waals surface area contributed by atoms with Gasteiger partial charge in [-0.15, -0.1) is 0 Å². The van der Waals surface area contributed by atoms with Gasteiger partial charge in [0.15, 0.2) is 0 Å². The van der Waals surface area contributed by atoms with E-state index in [1.54, 1.807) is 0 Å². The van der Waals surface area contributed by atoms with E-state index >= 15 is 0 Å². The molecule has 1 saturated carbocycles. The Balaban J connectivity index is 1.65. The highest BCUT2D eigenvalue weighted by atomic mass is 127. The lowest BCUT2D eigenvalue weighted by atomic mass is 9.49. The number of carbonyl (C=O) groups is 1. The molecule has 2 aliphatic carbocycles. The molecule has 0 aromatic heterocycles. The van der Waals surface area contributed by atoms with Crippen LogP contribution in [-0.2, 0) is 16.6 Å². The summed E-state index contributed by atoms with van der Waals surface area (Å²) in [7, 11) is 0. The van der Waals surface area contributed by atoms with Crippen LogP contribution in [0.1, 0.15) is 76.0 Å². The number of fused-ring (bicyclic) bond motifs is 3. The molecule has 154 valence electrons. The minimum atomic E-state index is -0.329. The number of rotatable bonds is 3. The van der Waals surface area contributed by atoms with E-state index in [1.165, 1.54) is 26.7 Å². The minimum absolute atomic E-state index is 0.0828. The lowest BCUT2D eigenvalue weighted by Gasteiger charge is -2.54. The van der Waals surface area contributed by atoms with Gasteiger partial charge in [0.05, 0.1) is 5.41 Å². The molecule has 3 atom stereocenters. The molecule has 1 N–H and O–H groups in total. The third kappa shape index (κ3) is 3.64. The van der Waals surface area contributed by atoms with Gasteiger partial charge in [0.1, 0.15) is 0 Å². The fourth-order valence-corrected chi connectivity index (χ4v) is 6.31. The molecule has 0 bridgehead atoms. The number of hydrogen-bond acceptors (Lipinski definition) is 1. The van der Waals surface area contributed by atoms with Crippen molar-refractivity contribution in [3.05, 3.63) is 62.7 Å². The van der Waals surface area contributed by atoms with Crippen LogP contribution < -0.4 is 5.32 Å². The Kier molecular flexibility index (Phi) is 5.56. The minimum Gasteiger partial charge on any atom is -0.326 e. The normalized spacial score (nSPS) is 28.6. The Morgan fingerprint density at radius 2 is 1.83 bits per heavy atom. The zero-order chi connectivity index (χ0) is 20.8. The second-order valence-corrected chi connectivity index (χ2v) is 11.1. The number of anilines is 1. The van der Waals surface area contributed by atoms with Crippen molar-refractivity contribution in [1.82, 2.24) is 0 Å². The van der Waals surface area contributed by atoms with Gasteiger partial charge < -0.3 is 5.32 Å². The van der Waals surface area contributed by atoms with Gasteiger partial charge in [0.25, 0.3) is 0 Å². The Hall–Kier alpha value is -1.36. The maximum Gasteiger partial charge on any atom is 0.230 e. The summed E-state index contributed by atoms with van der Waals surface area (Å²) in [5, 5.41) is 3.24. The summed E-state index contributed by atoms with van der Waals surface area (Å²) >= 11 is 2.30. The quantitative estimate of drug-likeness (QED) is 0.448. The second kappa shape index (κ2) is 7.72. The molecule has 0 heterocycles. The number of benzene rings is 2. The number of nitrogens with one attached hydrogen (secondary N) is 1. The van der Waals surface area contributed by atoms with Gasteiger partial charge in [0.2, 0.25) is 5.91 Å². The van der Waals surface area contributed by atoms with Gasteiger partial charge in [0, 0.05) is 9.26 Å². The number of halogens is 1. The van der Waals surface area contributed by atoms with E-state index in [1.807, 2.05) is 24.3 Å². The smallest absolute Gasteiger partial charge is 0.230 e. The van der Waals surface area contributed by atoms with E-state index in [2.05, 4.69) is 73.8 Å². The van der Waals surface area contributed by atoms with Gasteiger partial charge in [-0.05, 0) is 106 Å². The maximum atomic E-state index is 13.5. The van der Waals surface area contributed by atoms with E-state index in [-0.39, 0.29) is 16.7 Å². The molecule has 0 spiro atoms. The van der Waals surface area contributed by atoms with Crippen molar-refractivity contribution < 1.29 is 4.79 Å². The first-order chi connectivity index (χ1) is 13.7. The molecule has 2 aliphatic rings. The highest BCUT2D eigenvalue weighted by Crippen LogP contribution is 2.57. The highest BCUT2D eigenvalue weighted by molar-refractivity contribution is 14.1. The summed E-state index contributed by atoms with van der Waals surface area (Å²) in [4.78, 5) is 13.5. The summed E-state index contributed by atoms with van der Waals surface area (Å²) in [6.45, 7) is 9.16. The molecule has 0 aliphatic heterocycles. The first kappa shape index (κ1) is 20.9. The molecular formula is C26H32INO. The van der Waals surface area contributed by atoms with Gasteiger partial charge in [-0.3, -0.25) is 4.79 Å². The first-order valence-corrected chi connectivity index (χ1v) is 12.0. The molecule has 1 amide bonds. The Labute approximate surface area is 189 Å². The number of amides is 1. The second-order valence-electron chi connectivity index (χ2n) is 9.81. The van der Waals surface area contributed by atoms with Crippen LogP contribution in [0.25, 0.3) is 0 Å². The Morgan fingerprint density at radius 3 is 2.52 bits per heavy atom. The molecular weight excluding hydrogens is 469 g/mol. The lowest BCUT2D eigenvalue weighted by molar-refractivity contribution is -0.133. The molecule has 0 radical (unpaired) electrons. The fourth-order valence-electron chi connectivity index (χ4n) is 5.95. The molecule has 4 rings (SSSR count). The van der Waals surface area contributed by atoms with Gasteiger partial charge in [-0.2, -0.15) is 0 Å². The molecule has 0 unspecified atom stereocenters. The molecule has 2 aromatic carbocycles. The van der Waals surface area contributed by atoms with Crippen LogP contribution in [0.4, 0.5) is 5.69 Å². The summed E-state index contributed by atoms with van der Waals surface area (Å²) in [6, 6.07) is 15.2. The van der Waals surface area contributed by atoms with Crippen molar-refractivity contribution in [3.63, 3.8) is 0 Å². The van der Waals surface area contributed by atoms with E-state index in [9.17, 15) is 4.79 Å². The molecule has 2 aromatic rings. The van der Waals surface area contributed by atoms with Crippen LogP contribution in [0.2, 0.25) is 0 Å². The summed E-state index contributed by atoms with van der Waals surface area (Å²) in [5.74, 6) is 1.13. The average molecular weight is 501 g/mol.